The second-order valence-corrected chi connectivity index (χ2v) is 13.6. The molecule has 6 aromatic rings. The molecule has 0 saturated carbocycles. The first kappa shape index (κ1) is 32.6. The van der Waals surface area contributed by atoms with E-state index in [1.54, 1.807) is 6.07 Å². The van der Waals surface area contributed by atoms with E-state index in [9.17, 15) is 15.0 Å². The van der Waals surface area contributed by atoms with Gasteiger partial charge in [0, 0.05) is 53.3 Å². The van der Waals surface area contributed by atoms with Gasteiger partial charge >= 0.3 is 0 Å². The van der Waals surface area contributed by atoms with Crippen molar-refractivity contribution in [2.75, 3.05) is 18.5 Å². The predicted molar refractivity (Wildman–Crippen MR) is 199 cm³/mol. The number of phenols is 2. The second-order valence-electron chi connectivity index (χ2n) is 13.6. The Kier molecular flexibility index (Phi) is 8.29. The van der Waals surface area contributed by atoms with Crippen molar-refractivity contribution in [2.45, 2.75) is 51.6 Å². The lowest BCUT2D eigenvalue weighted by Crippen LogP contribution is -2.26. The number of amides is 1. The number of rotatable bonds is 3. The molecule has 0 unspecified atom stereocenters. The van der Waals surface area contributed by atoms with Crippen molar-refractivity contribution in [2.24, 2.45) is 0 Å². The minimum atomic E-state index is -0.713. The maximum atomic E-state index is 12.5. The van der Waals surface area contributed by atoms with Crippen molar-refractivity contribution in [3.63, 3.8) is 0 Å². The van der Waals surface area contributed by atoms with Crippen LogP contribution in [0.5, 0.6) is 23.0 Å². The van der Waals surface area contributed by atoms with E-state index in [1.807, 2.05) is 111 Å². The van der Waals surface area contributed by atoms with Crippen LogP contribution in [-0.2, 0) is 14.3 Å². The normalized spacial score (nSPS) is 18.3. The SMILES string of the molecule is CC(=O)Nc1ccccc1-c1cc2ccc3cc2c(c1O)-c1c(O)c(-c2ccccc2)cc2ccc(cc12)OCC[C@H]1OC(C)(C)O[C@@H]1CCO3. The van der Waals surface area contributed by atoms with Crippen molar-refractivity contribution >= 4 is 33.1 Å². The van der Waals surface area contributed by atoms with Crippen molar-refractivity contribution in [3.05, 3.63) is 103 Å². The van der Waals surface area contributed by atoms with Crippen molar-refractivity contribution in [1.29, 1.82) is 0 Å². The van der Waals surface area contributed by atoms with Gasteiger partial charge in [-0.25, -0.2) is 0 Å². The number of fused-ring (bicyclic) bond motifs is 4. The van der Waals surface area contributed by atoms with Gasteiger partial charge in [0.1, 0.15) is 23.0 Å². The Balaban J connectivity index is 1.42. The Morgan fingerprint density at radius 2 is 1.20 bits per heavy atom. The molecule has 0 aliphatic carbocycles. The van der Waals surface area contributed by atoms with Gasteiger partial charge in [-0.1, -0.05) is 60.7 Å². The summed E-state index contributed by atoms with van der Waals surface area (Å²) in [6.45, 7) is 6.07. The highest BCUT2D eigenvalue weighted by molar-refractivity contribution is 6.15. The first-order valence-electron chi connectivity index (χ1n) is 17.3. The van der Waals surface area contributed by atoms with Crippen molar-refractivity contribution < 1.29 is 34.0 Å². The molecule has 6 aromatic carbocycles. The summed E-state index contributed by atoms with van der Waals surface area (Å²) in [5.41, 5.74) is 4.04. The molecule has 1 fully saturated rings. The summed E-state index contributed by atoms with van der Waals surface area (Å²) in [4.78, 5) is 12.2. The van der Waals surface area contributed by atoms with Crippen molar-refractivity contribution in [3.8, 4) is 56.4 Å². The van der Waals surface area contributed by atoms with Crippen LogP contribution < -0.4 is 14.8 Å². The fourth-order valence-electron chi connectivity index (χ4n) is 7.46. The minimum Gasteiger partial charge on any atom is -0.507 e. The zero-order valence-electron chi connectivity index (χ0n) is 28.7. The maximum absolute atomic E-state index is 12.5. The topological polar surface area (TPSA) is 106 Å². The molecule has 0 spiro atoms. The van der Waals surface area contributed by atoms with Gasteiger partial charge in [0.05, 0.1) is 25.4 Å². The highest BCUT2D eigenvalue weighted by Crippen LogP contribution is 2.53. The van der Waals surface area contributed by atoms with Gasteiger partial charge in [-0.05, 0) is 83.4 Å². The molecular formula is C43H39NO7. The molecule has 2 heterocycles. The molecule has 8 nitrogen and oxygen atoms in total. The van der Waals surface area contributed by atoms with E-state index in [0.717, 1.165) is 16.3 Å². The fourth-order valence-corrected chi connectivity index (χ4v) is 7.46. The Bertz CT molecular complexity index is 2300. The first-order chi connectivity index (χ1) is 24.6. The van der Waals surface area contributed by atoms with E-state index in [1.165, 1.54) is 6.92 Å². The Hall–Kier alpha value is -5.57. The molecular weight excluding hydrogens is 642 g/mol. The number of anilines is 1. The van der Waals surface area contributed by atoms with E-state index in [2.05, 4.69) is 5.32 Å². The number of phenolic OH excluding ortho intramolecular Hbond substituents is 2. The van der Waals surface area contributed by atoms with Crippen LogP contribution in [0.4, 0.5) is 5.69 Å². The van der Waals surface area contributed by atoms with Gasteiger partial charge in [0.15, 0.2) is 5.79 Å². The average Bonchev–Trinajstić information content (AvgIpc) is 3.41. The first-order valence-corrected chi connectivity index (χ1v) is 17.3. The van der Waals surface area contributed by atoms with Crippen LogP contribution in [0.2, 0.25) is 0 Å². The van der Waals surface area contributed by atoms with Crippen molar-refractivity contribution in [1.82, 2.24) is 0 Å². The summed E-state index contributed by atoms with van der Waals surface area (Å²) in [7, 11) is 0. The molecule has 1 amide bonds. The molecule has 4 bridgehead atoms. The molecule has 0 aromatic heterocycles. The summed E-state index contributed by atoms with van der Waals surface area (Å²) in [5, 5.41) is 30.8. The largest absolute Gasteiger partial charge is 0.507 e. The Morgan fingerprint density at radius 1 is 0.667 bits per heavy atom. The van der Waals surface area contributed by atoms with Gasteiger partial charge < -0.3 is 34.5 Å². The third-order valence-electron chi connectivity index (χ3n) is 9.66. The molecule has 1 saturated heterocycles. The Morgan fingerprint density at radius 3 is 1.78 bits per heavy atom. The van der Waals surface area contributed by atoms with Gasteiger partial charge in [-0.3, -0.25) is 4.79 Å². The number of para-hydroxylation sites is 1. The summed E-state index contributed by atoms with van der Waals surface area (Å²) >= 11 is 0. The molecule has 258 valence electrons. The molecule has 2 atom stereocenters. The quantitative estimate of drug-likeness (QED) is 0.171. The molecule has 8 heteroatoms. The van der Waals surface area contributed by atoms with Crippen LogP contribution in [0, 0.1) is 0 Å². The zero-order chi connectivity index (χ0) is 35.3. The summed E-state index contributed by atoms with van der Waals surface area (Å²) in [6, 6.07) is 32.5. The molecule has 8 rings (SSSR count). The fraction of sp³-hybridized carbons (Fsp3) is 0.233. The van der Waals surface area contributed by atoms with Gasteiger partial charge in [0.25, 0.3) is 0 Å². The number of carbonyl (C=O) groups excluding carboxylic acids is 1. The van der Waals surface area contributed by atoms with Gasteiger partial charge in [-0.15, -0.1) is 0 Å². The van der Waals surface area contributed by atoms with E-state index < -0.39 is 5.79 Å². The smallest absolute Gasteiger partial charge is 0.221 e. The number of aromatic hydroxyl groups is 2. The monoisotopic (exact) mass is 681 g/mol. The lowest BCUT2D eigenvalue weighted by molar-refractivity contribution is -0.147. The molecule has 2 aliphatic heterocycles. The summed E-state index contributed by atoms with van der Waals surface area (Å²) in [5.74, 6) is 0.266. The summed E-state index contributed by atoms with van der Waals surface area (Å²) < 4.78 is 25.2. The predicted octanol–water partition coefficient (Wildman–Crippen LogP) is 9.44. The van der Waals surface area contributed by atoms with E-state index in [-0.39, 0.29) is 29.6 Å². The van der Waals surface area contributed by atoms with Crippen LogP contribution >= 0.6 is 0 Å². The number of ether oxygens (including phenoxy) is 4. The second kappa shape index (κ2) is 13.0. The van der Waals surface area contributed by atoms with E-state index >= 15 is 0 Å². The maximum Gasteiger partial charge on any atom is 0.221 e. The Labute approximate surface area is 296 Å². The number of hydrogen-bond donors (Lipinski definition) is 3. The lowest BCUT2D eigenvalue weighted by Gasteiger charge is -2.22. The third kappa shape index (κ3) is 6.22. The summed E-state index contributed by atoms with van der Waals surface area (Å²) in [6.07, 6.45) is 0.895. The minimum absolute atomic E-state index is 0.0174. The van der Waals surface area contributed by atoms with Crippen LogP contribution in [0.25, 0.3) is 54.9 Å². The van der Waals surface area contributed by atoms with Crippen LogP contribution in [-0.4, -0.2) is 47.3 Å². The van der Waals surface area contributed by atoms with Crippen LogP contribution in [0.1, 0.15) is 33.6 Å². The number of carbonyl (C=O) groups is 1. The highest BCUT2D eigenvalue weighted by Gasteiger charge is 2.41. The zero-order valence-corrected chi connectivity index (χ0v) is 28.7. The van der Waals surface area contributed by atoms with E-state index in [0.29, 0.717) is 81.8 Å². The molecule has 3 N–H and O–H groups in total. The number of benzene rings is 6. The van der Waals surface area contributed by atoms with Crippen LogP contribution in [0.3, 0.4) is 0 Å². The standard InChI is InChI=1S/C43H39NO7/c1-25(45)44-36-12-8-7-11-31(36)35-22-28-14-16-30-24-33(28)40(42(35)47)39-32-23-29(48-19-17-37-38(18-20-49-30)51-43(2,3)50-37)15-13-27(32)21-34(41(39)46)26-9-5-4-6-10-26/h4-16,21-24,37-38,46-47H,17-20H2,1-3H3,(H,44,45)/t37-,38-/m1/s1. The van der Waals surface area contributed by atoms with Gasteiger partial charge in [-0.2, -0.15) is 0 Å². The number of nitrogens with one attached hydrogen (secondary N) is 1. The van der Waals surface area contributed by atoms with Gasteiger partial charge in [0.2, 0.25) is 5.91 Å². The third-order valence-corrected chi connectivity index (χ3v) is 9.66. The highest BCUT2D eigenvalue weighted by atomic mass is 16.8. The lowest BCUT2D eigenvalue weighted by atomic mass is 9.86. The molecule has 0 radical (unpaired) electrons. The average molecular weight is 682 g/mol. The number of hydrogen-bond acceptors (Lipinski definition) is 7. The van der Waals surface area contributed by atoms with E-state index in [4.69, 9.17) is 18.9 Å². The molecule has 51 heavy (non-hydrogen) atoms. The van der Waals surface area contributed by atoms with Crippen LogP contribution in [0.15, 0.2) is 103 Å². The molecule has 2 aliphatic rings.